The van der Waals surface area contributed by atoms with Crippen LogP contribution in [0, 0.1) is 16.7 Å². The first-order chi connectivity index (χ1) is 14.2. The molecule has 0 bridgehead atoms. The fourth-order valence-electron chi connectivity index (χ4n) is 3.54. The van der Waals surface area contributed by atoms with Gasteiger partial charge in [0.15, 0.2) is 0 Å². The third-order valence-electron chi connectivity index (χ3n) is 5.18. The number of sulfonamides is 1. The molecule has 1 amide bonds. The summed E-state index contributed by atoms with van der Waals surface area (Å²) in [5.74, 6) is -0.424. The number of ether oxygens (including phenoxy) is 1. The van der Waals surface area contributed by atoms with Gasteiger partial charge < -0.3 is 15.4 Å². The van der Waals surface area contributed by atoms with Crippen LogP contribution in [0.3, 0.4) is 0 Å². The summed E-state index contributed by atoms with van der Waals surface area (Å²) in [5.41, 5.74) is 0.444. The van der Waals surface area contributed by atoms with Crippen LogP contribution in [0.4, 0.5) is 5.69 Å². The van der Waals surface area contributed by atoms with E-state index in [2.05, 4.69) is 15.6 Å². The number of hydrogen-bond donors (Lipinski definition) is 3. The first kappa shape index (κ1) is 19.7. The first-order valence-electron chi connectivity index (χ1n) is 9.02. The van der Waals surface area contributed by atoms with E-state index in [0.717, 1.165) is 4.31 Å². The predicted octanol–water partition coefficient (Wildman–Crippen LogP) is 0.983. The van der Waals surface area contributed by atoms with E-state index in [1.807, 2.05) is 6.07 Å². The van der Waals surface area contributed by atoms with Gasteiger partial charge in [0.1, 0.15) is 17.5 Å². The van der Waals surface area contributed by atoms with E-state index in [4.69, 9.17) is 15.4 Å². The number of amides is 1. The van der Waals surface area contributed by atoms with Gasteiger partial charge in [-0.2, -0.15) is 5.26 Å². The molecule has 10 nitrogen and oxygen atoms in total. The molecule has 0 unspecified atom stereocenters. The minimum absolute atomic E-state index is 0.138. The van der Waals surface area contributed by atoms with Crippen LogP contribution in [0.15, 0.2) is 36.5 Å². The minimum Gasteiger partial charge on any atom is -0.493 e. The third-order valence-corrected chi connectivity index (χ3v) is 7.06. The Morgan fingerprint density at radius 1 is 1.40 bits per heavy atom. The maximum atomic E-state index is 12.6. The van der Waals surface area contributed by atoms with Crippen molar-refractivity contribution in [3.63, 3.8) is 0 Å². The van der Waals surface area contributed by atoms with Crippen molar-refractivity contribution >= 4 is 27.6 Å². The number of pyridine rings is 1. The molecule has 154 valence electrons. The number of nitriles is 1. The smallest absolute Gasteiger partial charge is 0.274 e. The zero-order valence-corrected chi connectivity index (χ0v) is 16.8. The molecule has 1 aromatic heterocycles. The Labute approximate surface area is 173 Å². The fourth-order valence-corrected chi connectivity index (χ4v) is 5.05. The molecule has 11 heteroatoms. The number of benzene rings is 1. The summed E-state index contributed by atoms with van der Waals surface area (Å²) in [4.78, 5) is 16.5. The second-order valence-corrected chi connectivity index (χ2v) is 9.09. The molecule has 1 atom stereocenters. The summed E-state index contributed by atoms with van der Waals surface area (Å²) < 4.78 is 31.7. The highest BCUT2D eigenvalue weighted by molar-refractivity contribution is 7.89. The summed E-state index contributed by atoms with van der Waals surface area (Å²) in [6.45, 7) is 0.299. The normalized spacial score (nSPS) is 21.7. The largest absolute Gasteiger partial charge is 0.493 e. The van der Waals surface area contributed by atoms with E-state index in [9.17, 15) is 13.2 Å². The van der Waals surface area contributed by atoms with Crippen LogP contribution < -0.4 is 15.4 Å². The lowest BCUT2D eigenvalue weighted by molar-refractivity contribution is 0.102. The number of carbonyl (C=O) groups excluding carboxylic acids is 1. The second-order valence-electron chi connectivity index (χ2n) is 7.09. The highest BCUT2D eigenvalue weighted by Crippen LogP contribution is 2.41. The number of fused-ring (bicyclic) bond motifs is 2. The van der Waals surface area contributed by atoms with Crippen molar-refractivity contribution in [2.45, 2.75) is 12.0 Å². The van der Waals surface area contributed by atoms with Crippen LogP contribution in [-0.2, 0) is 15.6 Å². The van der Waals surface area contributed by atoms with Gasteiger partial charge in [-0.1, -0.05) is 0 Å². The highest BCUT2D eigenvalue weighted by atomic mass is 32.2. The Hall–Kier alpha value is -3.65. The fraction of sp³-hybridized carbons (Fsp3) is 0.263. The molecule has 0 radical (unpaired) electrons. The van der Waals surface area contributed by atoms with Gasteiger partial charge in [0.25, 0.3) is 5.91 Å². The second kappa shape index (κ2) is 7.00. The van der Waals surface area contributed by atoms with Gasteiger partial charge in [-0.3, -0.25) is 10.2 Å². The van der Waals surface area contributed by atoms with E-state index in [1.54, 1.807) is 18.2 Å². The molecule has 1 aromatic carbocycles. The number of carbonyl (C=O) groups is 1. The van der Waals surface area contributed by atoms with Crippen LogP contribution >= 0.6 is 0 Å². The molecule has 2 aliphatic heterocycles. The van der Waals surface area contributed by atoms with Crippen molar-refractivity contribution in [3.8, 4) is 11.8 Å². The van der Waals surface area contributed by atoms with Gasteiger partial charge in [0.05, 0.1) is 23.5 Å². The summed E-state index contributed by atoms with van der Waals surface area (Å²) in [6.07, 6.45) is 1.66. The van der Waals surface area contributed by atoms with E-state index in [1.165, 1.54) is 25.4 Å². The number of guanidine groups is 1. The lowest BCUT2D eigenvalue weighted by Crippen LogP contribution is -2.63. The Balaban J connectivity index is 1.66. The van der Waals surface area contributed by atoms with E-state index >= 15 is 0 Å². The van der Waals surface area contributed by atoms with Gasteiger partial charge >= 0.3 is 0 Å². The van der Waals surface area contributed by atoms with Crippen LogP contribution in [0.25, 0.3) is 0 Å². The molecule has 3 heterocycles. The maximum absolute atomic E-state index is 12.6. The van der Waals surface area contributed by atoms with Gasteiger partial charge in [0.2, 0.25) is 16.0 Å². The number of aromatic nitrogens is 1. The number of nitrogens with one attached hydrogen (secondary N) is 3. The summed E-state index contributed by atoms with van der Waals surface area (Å²) >= 11 is 0. The van der Waals surface area contributed by atoms with Crippen LogP contribution in [-0.4, -0.2) is 49.0 Å². The monoisotopic (exact) mass is 426 g/mol. The molecule has 1 spiro atoms. The van der Waals surface area contributed by atoms with Gasteiger partial charge in [-0.05, 0) is 30.3 Å². The van der Waals surface area contributed by atoms with E-state index < -0.39 is 21.5 Å². The van der Waals surface area contributed by atoms with Gasteiger partial charge in [-0.15, -0.1) is 0 Å². The molecule has 1 saturated heterocycles. The lowest BCUT2D eigenvalue weighted by atomic mass is 9.85. The summed E-state index contributed by atoms with van der Waals surface area (Å²) in [6, 6.07) is 9.84. The SMILES string of the molecule is CN1C(=N)N[C@@]2(CCOc3ccc(NC(=O)c4ccc(C#N)cn4)cc32)CS1(=O)=O. The molecule has 30 heavy (non-hydrogen) atoms. The Kier molecular flexibility index (Phi) is 4.58. The zero-order valence-electron chi connectivity index (χ0n) is 16.0. The molecule has 1 fully saturated rings. The van der Waals surface area contributed by atoms with E-state index in [0.29, 0.717) is 35.6 Å². The Bertz CT molecular complexity index is 1190. The number of hydrogen-bond acceptors (Lipinski definition) is 7. The van der Waals surface area contributed by atoms with Gasteiger partial charge in [0, 0.05) is 30.9 Å². The number of anilines is 1. The van der Waals surface area contributed by atoms with E-state index in [-0.39, 0.29) is 17.4 Å². The highest BCUT2D eigenvalue weighted by Gasteiger charge is 2.48. The molecule has 0 saturated carbocycles. The molecule has 4 rings (SSSR count). The van der Waals surface area contributed by atoms with Crippen molar-refractivity contribution in [1.82, 2.24) is 14.6 Å². The van der Waals surface area contributed by atoms with Crippen LogP contribution in [0.2, 0.25) is 0 Å². The standard InChI is InChI=1S/C19H18N6O4S/c1-25-18(21)24-19(11-30(25,27)28)6-7-29-16-5-3-13(8-14(16)19)23-17(26)15-4-2-12(9-20)10-22-15/h2-5,8,10H,6-7,11H2,1H3,(H2,21,24)(H,23,26)/t19-/m0/s1. The first-order valence-corrected chi connectivity index (χ1v) is 10.6. The van der Waals surface area contributed by atoms with Crippen LogP contribution in [0.5, 0.6) is 5.75 Å². The molecular formula is C19H18N6O4S. The van der Waals surface area contributed by atoms with Crippen molar-refractivity contribution in [2.24, 2.45) is 0 Å². The van der Waals surface area contributed by atoms with Crippen molar-refractivity contribution in [1.29, 1.82) is 10.7 Å². The topological polar surface area (TPSA) is 148 Å². The maximum Gasteiger partial charge on any atom is 0.274 e. The summed E-state index contributed by atoms with van der Waals surface area (Å²) in [7, 11) is -2.35. The number of nitrogens with zero attached hydrogens (tertiary/aromatic N) is 3. The predicted molar refractivity (Wildman–Crippen MR) is 108 cm³/mol. The molecule has 0 aliphatic carbocycles. The Morgan fingerprint density at radius 2 is 2.20 bits per heavy atom. The van der Waals surface area contributed by atoms with Crippen molar-refractivity contribution in [2.75, 3.05) is 24.7 Å². The quantitative estimate of drug-likeness (QED) is 0.648. The zero-order chi connectivity index (χ0) is 21.5. The molecular weight excluding hydrogens is 408 g/mol. The third kappa shape index (κ3) is 3.31. The number of rotatable bonds is 2. The average molecular weight is 426 g/mol. The molecule has 2 aromatic rings. The van der Waals surface area contributed by atoms with Crippen molar-refractivity contribution < 1.29 is 17.9 Å². The van der Waals surface area contributed by atoms with Crippen LogP contribution in [0.1, 0.15) is 28.0 Å². The lowest BCUT2D eigenvalue weighted by Gasteiger charge is -2.45. The summed E-state index contributed by atoms with van der Waals surface area (Å²) in [5, 5.41) is 22.6. The van der Waals surface area contributed by atoms with Crippen molar-refractivity contribution in [3.05, 3.63) is 53.3 Å². The molecule has 2 aliphatic rings. The Morgan fingerprint density at radius 3 is 2.87 bits per heavy atom. The van der Waals surface area contributed by atoms with Gasteiger partial charge in [-0.25, -0.2) is 17.7 Å². The average Bonchev–Trinajstić information content (AvgIpc) is 2.72. The minimum atomic E-state index is -3.68. The molecule has 3 N–H and O–H groups in total.